The number of rotatable bonds is 7. The van der Waals surface area contributed by atoms with Crippen LogP contribution in [-0.4, -0.2) is 7.05 Å². The lowest BCUT2D eigenvalue weighted by Gasteiger charge is -2.13. The average molecular weight is 195 g/mol. The Hall–Kier alpha value is -0.760. The first kappa shape index (κ1) is 11.3. The second-order valence-corrected chi connectivity index (χ2v) is 3.75. The summed E-state index contributed by atoms with van der Waals surface area (Å²) in [4.78, 5) is 0. The average Bonchev–Trinajstić information content (AvgIpc) is 2.71. The van der Waals surface area contributed by atoms with Crippen LogP contribution in [0.15, 0.2) is 23.0 Å². The molecule has 0 aromatic carbocycles. The van der Waals surface area contributed by atoms with Crippen LogP contribution in [0, 0.1) is 0 Å². The first-order chi connectivity index (χ1) is 6.88. The molecule has 1 atom stereocenters. The van der Waals surface area contributed by atoms with Gasteiger partial charge in [-0.25, -0.2) is 0 Å². The van der Waals surface area contributed by atoms with Crippen molar-refractivity contribution in [2.24, 2.45) is 0 Å². The summed E-state index contributed by atoms with van der Waals surface area (Å²) in [5.41, 5.74) is 1.27. The summed E-state index contributed by atoms with van der Waals surface area (Å²) in [6, 6.07) is 2.51. The van der Waals surface area contributed by atoms with Crippen molar-refractivity contribution >= 4 is 0 Å². The smallest absolute Gasteiger partial charge is 0.0950 e. The van der Waals surface area contributed by atoms with Gasteiger partial charge in [-0.3, -0.25) is 0 Å². The zero-order chi connectivity index (χ0) is 10.2. The molecule has 80 valence electrons. The number of furan rings is 1. The molecule has 0 saturated heterocycles. The summed E-state index contributed by atoms with van der Waals surface area (Å²) in [6.45, 7) is 2.24. The number of hydrogen-bond donors (Lipinski definition) is 1. The molecule has 0 saturated carbocycles. The Morgan fingerprint density at radius 3 is 2.79 bits per heavy atom. The minimum Gasteiger partial charge on any atom is -0.472 e. The number of unbranched alkanes of at least 4 members (excludes halogenated alkanes) is 3. The zero-order valence-electron chi connectivity index (χ0n) is 9.25. The normalized spacial score (nSPS) is 13.0. The van der Waals surface area contributed by atoms with Crippen molar-refractivity contribution in [1.82, 2.24) is 5.32 Å². The molecule has 1 rings (SSSR count). The molecule has 1 aromatic heterocycles. The minimum atomic E-state index is 0.464. The van der Waals surface area contributed by atoms with Crippen LogP contribution in [-0.2, 0) is 0 Å². The van der Waals surface area contributed by atoms with E-state index in [4.69, 9.17) is 4.42 Å². The highest BCUT2D eigenvalue weighted by Gasteiger charge is 2.08. The van der Waals surface area contributed by atoms with E-state index in [1.807, 2.05) is 19.4 Å². The zero-order valence-corrected chi connectivity index (χ0v) is 9.25. The van der Waals surface area contributed by atoms with Crippen LogP contribution in [0.1, 0.15) is 50.6 Å². The molecule has 0 radical (unpaired) electrons. The van der Waals surface area contributed by atoms with Crippen molar-refractivity contribution in [3.8, 4) is 0 Å². The van der Waals surface area contributed by atoms with Crippen LogP contribution in [0.25, 0.3) is 0 Å². The van der Waals surface area contributed by atoms with Gasteiger partial charge in [0.25, 0.3) is 0 Å². The molecule has 2 heteroatoms. The van der Waals surface area contributed by atoms with Crippen LogP contribution < -0.4 is 5.32 Å². The third-order valence-corrected chi connectivity index (χ3v) is 2.64. The molecule has 1 heterocycles. The van der Waals surface area contributed by atoms with E-state index in [1.165, 1.54) is 37.7 Å². The maximum atomic E-state index is 5.08. The molecule has 0 aliphatic rings. The largest absolute Gasteiger partial charge is 0.472 e. The Bertz CT molecular complexity index is 218. The van der Waals surface area contributed by atoms with Gasteiger partial charge in [-0.05, 0) is 19.5 Å². The summed E-state index contributed by atoms with van der Waals surface area (Å²) in [5.74, 6) is 0. The van der Waals surface area contributed by atoms with Gasteiger partial charge >= 0.3 is 0 Å². The lowest BCUT2D eigenvalue weighted by atomic mass is 10.0. The Balaban J connectivity index is 2.26. The second-order valence-electron chi connectivity index (χ2n) is 3.75. The van der Waals surface area contributed by atoms with E-state index in [9.17, 15) is 0 Å². The van der Waals surface area contributed by atoms with Crippen LogP contribution in [0.2, 0.25) is 0 Å². The van der Waals surface area contributed by atoms with Crippen molar-refractivity contribution in [2.45, 2.75) is 45.1 Å². The molecule has 1 unspecified atom stereocenters. The first-order valence-electron chi connectivity index (χ1n) is 5.57. The highest BCUT2D eigenvalue weighted by molar-refractivity contribution is 5.10. The predicted molar refractivity (Wildman–Crippen MR) is 59.3 cm³/mol. The van der Waals surface area contributed by atoms with Crippen molar-refractivity contribution in [3.05, 3.63) is 24.2 Å². The Morgan fingerprint density at radius 1 is 1.36 bits per heavy atom. The molecule has 1 aromatic rings. The van der Waals surface area contributed by atoms with Crippen molar-refractivity contribution in [1.29, 1.82) is 0 Å². The molecule has 0 bridgehead atoms. The molecule has 0 aliphatic heterocycles. The molecule has 0 spiro atoms. The van der Waals surface area contributed by atoms with Gasteiger partial charge in [0, 0.05) is 11.6 Å². The van der Waals surface area contributed by atoms with Crippen LogP contribution in [0.5, 0.6) is 0 Å². The summed E-state index contributed by atoms with van der Waals surface area (Å²) >= 11 is 0. The van der Waals surface area contributed by atoms with Gasteiger partial charge in [-0.1, -0.05) is 32.6 Å². The van der Waals surface area contributed by atoms with Gasteiger partial charge in [0.1, 0.15) is 0 Å². The Kier molecular flexibility index (Phi) is 5.38. The highest BCUT2D eigenvalue weighted by Crippen LogP contribution is 2.19. The highest BCUT2D eigenvalue weighted by atomic mass is 16.3. The van der Waals surface area contributed by atoms with Gasteiger partial charge in [-0.15, -0.1) is 0 Å². The molecule has 14 heavy (non-hydrogen) atoms. The third kappa shape index (κ3) is 3.54. The molecule has 0 amide bonds. The van der Waals surface area contributed by atoms with Crippen molar-refractivity contribution < 1.29 is 4.42 Å². The standard InChI is InChI=1S/C12H21NO/c1-3-4-5-6-7-12(13-2)11-8-9-14-10-11/h8-10,12-13H,3-7H2,1-2H3. The second kappa shape index (κ2) is 6.66. The first-order valence-corrected chi connectivity index (χ1v) is 5.57. The number of nitrogens with one attached hydrogen (secondary N) is 1. The van der Waals surface area contributed by atoms with Crippen molar-refractivity contribution in [3.63, 3.8) is 0 Å². The van der Waals surface area contributed by atoms with Gasteiger partial charge in [-0.2, -0.15) is 0 Å². The third-order valence-electron chi connectivity index (χ3n) is 2.64. The molecule has 1 N–H and O–H groups in total. The topological polar surface area (TPSA) is 25.2 Å². The molecule has 0 fully saturated rings. The summed E-state index contributed by atoms with van der Waals surface area (Å²) in [6.07, 6.45) is 10.1. The lowest BCUT2D eigenvalue weighted by molar-refractivity contribution is 0.494. The van der Waals surface area contributed by atoms with E-state index in [2.05, 4.69) is 12.2 Å². The molecule has 0 aliphatic carbocycles. The summed E-state index contributed by atoms with van der Waals surface area (Å²) in [5, 5.41) is 3.32. The fraction of sp³-hybridized carbons (Fsp3) is 0.667. The van der Waals surface area contributed by atoms with Gasteiger partial charge in [0.15, 0.2) is 0 Å². The maximum Gasteiger partial charge on any atom is 0.0950 e. The van der Waals surface area contributed by atoms with E-state index in [-0.39, 0.29) is 0 Å². The SMILES string of the molecule is CCCCCCC(NC)c1ccoc1. The fourth-order valence-electron chi connectivity index (χ4n) is 1.73. The van der Waals surface area contributed by atoms with Crippen LogP contribution in [0.3, 0.4) is 0 Å². The van der Waals surface area contributed by atoms with Gasteiger partial charge < -0.3 is 9.73 Å². The molecule has 2 nitrogen and oxygen atoms in total. The molecular weight excluding hydrogens is 174 g/mol. The quantitative estimate of drug-likeness (QED) is 0.673. The summed E-state index contributed by atoms with van der Waals surface area (Å²) < 4.78 is 5.08. The maximum absolute atomic E-state index is 5.08. The van der Waals surface area contributed by atoms with E-state index < -0.39 is 0 Å². The Morgan fingerprint density at radius 2 is 2.21 bits per heavy atom. The number of hydrogen-bond acceptors (Lipinski definition) is 2. The predicted octanol–water partition coefficient (Wildman–Crippen LogP) is 3.51. The van der Waals surface area contributed by atoms with E-state index in [1.54, 1.807) is 6.26 Å². The van der Waals surface area contributed by atoms with E-state index >= 15 is 0 Å². The van der Waals surface area contributed by atoms with E-state index in [0.717, 1.165) is 0 Å². The molecular formula is C12H21NO. The monoisotopic (exact) mass is 195 g/mol. The Labute approximate surface area is 86.7 Å². The lowest BCUT2D eigenvalue weighted by Crippen LogP contribution is -2.15. The van der Waals surface area contributed by atoms with Gasteiger partial charge in [0.2, 0.25) is 0 Å². The summed E-state index contributed by atoms with van der Waals surface area (Å²) in [7, 11) is 2.01. The van der Waals surface area contributed by atoms with Gasteiger partial charge in [0.05, 0.1) is 12.5 Å². The van der Waals surface area contributed by atoms with Crippen LogP contribution >= 0.6 is 0 Å². The van der Waals surface area contributed by atoms with Crippen LogP contribution in [0.4, 0.5) is 0 Å². The van der Waals surface area contributed by atoms with Crippen molar-refractivity contribution in [2.75, 3.05) is 7.05 Å². The van der Waals surface area contributed by atoms with E-state index in [0.29, 0.717) is 6.04 Å². The minimum absolute atomic E-state index is 0.464. The fourth-order valence-corrected chi connectivity index (χ4v) is 1.73.